The number of benzene rings is 1. The third kappa shape index (κ3) is 3.57. The first kappa shape index (κ1) is 15.4. The minimum Gasteiger partial charge on any atom is -0.497 e. The summed E-state index contributed by atoms with van der Waals surface area (Å²) in [6.45, 7) is 6.50. The molecule has 0 amide bonds. The summed E-state index contributed by atoms with van der Waals surface area (Å²) in [4.78, 5) is 4.64. The van der Waals surface area contributed by atoms with Crippen molar-refractivity contribution < 1.29 is 9.15 Å². The van der Waals surface area contributed by atoms with Gasteiger partial charge in [0.05, 0.1) is 13.2 Å². The molecular weight excluding hydrogens is 264 g/mol. The number of methoxy groups -OCH3 is 1. The Bertz CT molecular complexity index is 629. The second kappa shape index (κ2) is 6.66. The van der Waals surface area contributed by atoms with Crippen LogP contribution in [0.25, 0.3) is 11.0 Å². The van der Waals surface area contributed by atoms with Crippen molar-refractivity contribution in [3.63, 3.8) is 0 Å². The van der Waals surface area contributed by atoms with Gasteiger partial charge in [0.25, 0.3) is 0 Å². The zero-order valence-electron chi connectivity index (χ0n) is 13.2. The molecule has 2 aromatic rings. The summed E-state index contributed by atoms with van der Waals surface area (Å²) in [6, 6.07) is 7.84. The van der Waals surface area contributed by atoms with Crippen molar-refractivity contribution in [3.8, 4) is 5.75 Å². The largest absolute Gasteiger partial charge is 0.497 e. The summed E-state index contributed by atoms with van der Waals surface area (Å²) < 4.78 is 11.0. The number of amidine groups is 1. The standard InChI is InChI=1S/C17H24N2O2/c1-5-6-14(11(2)3)19-17(18)16-10-12-9-13(20-4)7-8-15(12)21-16/h7-11,14H,5-6H2,1-4H3,(H2,18,19). The van der Waals surface area contributed by atoms with Crippen LogP contribution in [0.1, 0.15) is 39.4 Å². The van der Waals surface area contributed by atoms with Crippen molar-refractivity contribution in [2.75, 3.05) is 7.11 Å². The number of aliphatic imine (C=N–C) groups is 1. The van der Waals surface area contributed by atoms with Crippen LogP contribution in [0.3, 0.4) is 0 Å². The quantitative estimate of drug-likeness (QED) is 0.646. The first-order chi connectivity index (χ1) is 10.0. The number of nitrogens with two attached hydrogens (primary N) is 1. The Morgan fingerprint density at radius 2 is 2.10 bits per heavy atom. The Hall–Kier alpha value is -1.97. The number of furan rings is 1. The highest BCUT2D eigenvalue weighted by Crippen LogP contribution is 2.24. The normalized spacial score (nSPS) is 13.9. The van der Waals surface area contributed by atoms with Gasteiger partial charge < -0.3 is 14.9 Å². The van der Waals surface area contributed by atoms with Gasteiger partial charge in [-0.1, -0.05) is 27.2 Å². The van der Waals surface area contributed by atoms with E-state index in [2.05, 4.69) is 25.8 Å². The average molecular weight is 288 g/mol. The topological polar surface area (TPSA) is 60.8 Å². The molecule has 0 saturated carbocycles. The summed E-state index contributed by atoms with van der Waals surface area (Å²) in [5.74, 6) is 2.36. The highest BCUT2D eigenvalue weighted by molar-refractivity contribution is 5.99. The Kier molecular flexibility index (Phi) is 4.89. The van der Waals surface area contributed by atoms with Crippen LogP contribution >= 0.6 is 0 Å². The van der Waals surface area contributed by atoms with E-state index in [4.69, 9.17) is 14.9 Å². The van der Waals surface area contributed by atoms with Crippen LogP contribution in [0.2, 0.25) is 0 Å². The van der Waals surface area contributed by atoms with Gasteiger partial charge in [0, 0.05) is 5.39 Å². The van der Waals surface area contributed by atoms with Gasteiger partial charge in [0.15, 0.2) is 11.6 Å². The fourth-order valence-corrected chi connectivity index (χ4v) is 2.36. The third-order valence-electron chi connectivity index (χ3n) is 3.63. The highest BCUT2D eigenvalue weighted by atomic mass is 16.5. The predicted octanol–water partition coefficient (Wildman–Crippen LogP) is 3.97. The average Bonchev–Trinajstić information content (AvgIpc) is 2.89. The van der Waals surface area contributed by atoms with Gasteiger partial charge in [-0.3, -0.25) is 4.99 Å². The van der Waals surface area contributed by atoms with Crippen LogP contribution in [-0.2, 0) is 0 Å². The zero-order valence-corrected chi connectivity index (χ0v) is 13.2. The fourth-order valence-electron chi connectivity index (χ4n) is 2.36. The second-order valence-corrected chi connectivity index (χ2v) is 5.63. The van der Waals surface area contributed by atoms with Gasteiger partial charge in [-0.2, -0.15) is 0 Å². The van der Waals surface area contributed by atoms with E-state index in [9.17, 15) is 0 Å². The lowest BCUT2D eigenvalue weighted by Crippen LogP contribution is -2.20. The van der Waals surface area contributed by atoms with Gasteiger partial charge in [0.1, 0.15) is 11.3 Å². The molecular formula is C17H24N2O2. The number of rotatable bonds is 6. The molecule has 0 aliphatic rings. The molecule has 4 heteroatoms. The van der Waals surface area contributed by atoms with Crippen LogP contribution < -0.4 is 10.5 Å². The molecule has 0 aliphatic heterocycles. The molecule has 0 fully saturated rings. The maximum absolute atomic E-state index is 6.12. The van der Waals surface area contributed by atoms with Crippen molar-refractivity contribution in [2.24, 2.45) is 16.6 Å². The molecule has 0 saturated heterocycles. The summed E-state index contributed by atoms with van der Waals surface area (Å²) in [5, 5.41) is 0.971. The summed E-state index contributed by atoms with van der Waals surface area (Å²) in [6.07, 6.45) is 2.13. The van der Waals surface area contributed by atoms with Crippen LogP contribution in [0.15, 0.2) is 33.7 Å². The van der Waals surface area contributed by atoms with Crippen molar-refractivity contribution in [3.05, 3.63) is 30.0 Å². The molecule has 21 heavy (non-hydrogen) atoms. The van der Waals surface area contributed by atoms with E-state index in [1.54, 1.807) is 7.11 Å². The lowest BCUT2D eigenvalue weighted by Gasteiger charge is -2.15. The van der Waals surface area contributed by atoms with Crippen LogP contribution in [-0.4, -0.2) is 19.0 Å². The molecule has 1 aromatic carbocycles. The summed E-state index contributed by atoms with van der Waals surface area (Å²) in [5.41, 5.74) is 6.92. The lowest BCUT2D eigenvalue weighted by molar-refractivity contribution is 0.415. The Balaban J connectivity index is 2.31. The van der Waals surface area contributed by atoms with Gasteiger partial charge in [-0.25, -0.2) is 0 Å². The van der Waals surface area contributed by atoms with E-state index in [1.165, 1.54) is 0 Å². The van der Waals surface area contributed by atoms with Crippen molar-refractivity contribution in [1.29, 1.82) is 0 Å². The monoisotopic (exact) mass is 288 g/mol. The second-order valence-electron chi connectivity index (χ2n) is 5.63. The maximum atomic E-state index is 6.12. The molecule has 0 radical (unpaired) electrons. The fraction of sp³-hybridized carbons (Fsp3) is 0.471. The van der Waals surface area contributed by atoms with E-state index in [0.717, 1.165) is 29.6 Å². The van der Waals surface area contributed by atoms with E-state index >= 15 is 0 Å². The van der Waals surface area contributed by atoms with Gasteiger partial charge in [-0.15, -0.1) is 0 Å². The van der Waals surface area contributed by atoms with Crippen LogP contribution in [0.4, 0.5) is 0 Å². The summed E-state index contributed by atoms with van der Waals surface area (Å²) >= 11 is 0. The molecule has 1 unspecified atom stereocenters. The summed E-state index contributed by atoms with van der Waals surface area (Å²) in [7, 11) is 1.65. The number of nitrogens with zero attached hydrogens (tertiary/aromatic N) is 1. The molecule has 2 rings (SSSR count). The van der Waals surface area contributed by atoms with Gasteiger partial charge in [-0.05, 0) is 36.6 Å². The zero-order chi connectivity index (χ0) is 15.4. The first-order valence-electron chi connectivity index (χ1n) is 7.46. The number of ether oxygens (including phenoxy) is 1. The van der Waals surface area contributed by atoms with Crippen molar-refractivity contribution in [1.82, 2.24) is 0 Å². The number of hydrogen-bond donors (Lipinski definition) is 1. The molecule has 1 atom stereocenters. The molecule has 0 spiro atoms. The molecule has 1 heterocycles. The molecule has 0 bridgehead atoms. The molecule has 1 aromatic heterocycles. The van der Waals surface area contributed by atoms with Crippen molar-refractivity contribution >= 4 is 16.8 Å². The molecule has 114 valence electrons. The van der Waals surface area contributed by atoms with Gasteiger partial charge in [0.2, 0.25) is 0 Å². The Labute approximate surface area is 126 Å². The first-order valence-corrected chi connectivity index (χ1v) is 7.46. The van der Waals surface area contributed by atoms with E-state index in [-0.39, 0.29) is 6.04 Å². The molecule has 4 nitrogen and oxygen atoms in total. The SMILES string of the molecule is CCCC(N=C(N)c1cc2cc(OC)ccc2o1)C(C)C. The van der Waals surface area contributed by atoms with Crippen LogP contribution in [0.5, 0.6) is 5.75 Å². The highest BCUT2D eigenvalue weighted by Gasteiger charge is 2.14. The number of fused-ring (bicyclic) bond motifs is 1. The van der Waals surface area contributed by atoms with E-state index < -0.39 is 0 Å². The van der Waals surface area contributed by atoms with E-state index in [1.807, 2.05) is 24.3 Å². The predicted molar refractivity (Wildman–Crippen MR) is 87.0 cm³/mol. The smallest absolute Gasteiger partial charge is 0.169 e. The Morgan fingerprint density at radius 1 is 1.33 bits per heavy atom. The lowest BCUT2D eigenvalue weighted by atomic mass is 10.0. The van der Waals surface area contributed by atoms with E-state index in [0.29, 0.717) is 17.5 Å². The molecule has 0 aliphatic carbocycles. The minimum absolute atomic E-state index is 0.234. The Morgan fingerprint density at radius 3 is 2.71 bits per heavy atom. The van der Waals surface area contributed by atoms with Crippen LogP contribution in [0, 0.1) is 5.92 Å². The number of hydrogen-bond acceptors (Lipinski definition) is 3. The third-order valence-corrected chi connectivity index (χ3v) is 3.63. The van der Waals surface area contributed by atoms with Crippen molar-refractivity contribution in [2.45, 2.75) is 39.7 Å². The van der Waals surface area contributed by atoms with Gasteiger partial charge >= 0.3 is 0 Å². The minimum atomic E-state index is 0.234. The molecule has 2 N–H and O–H groups in total. The maximum Gasteiger partial charge on any atom is 0.169 e.